The molecule has 0 saturated carbocycles. The van der Waals surface area contributed by atoms with Gasteiger partial charge in [-0.2, -0.15) is 0 Å². The highest BCUT2D eigenvalue weighted by Crippen LogP contribution is 2.16. The molecule has 0 atom stereocenters. The molecule has 0 aromatic carbocycles. The highest BCUT2D eigenvalue weighted by atomic mass is 16.1. The highest BCUT2D eigenvalue weighted by Gasteiger charge is 2.15. The van der Waals surface area contributed by atoms with Crippen LogP contribution in [0.4, 0.5) is 5.95 Å². The molecule has 1 aromatic heterocycles. The number of fused-ring (bicyclic) bond motifs is 1. The number of hydrogen-bond acceptors (Lipinski definition) is 4. The second kappa shape index (κ2) is 3.94. The predicted molar refractivity (Wildman–Crippen MR) is 56.5 cm³/mol. The first-order valence-corrected chi connectivity index (χ1v) is 5.01. The summed E-state index contributed by atoms with van der Waals surface area (Å²) in [6.07, 6.45) is 0.894. The monoisotopic (exact) mass is 206 g/mol. The zero-order valence-corrected chi connectivity index (χ0v) is 8.92. The molecule has 80 valence electrons. The summed E-state index contributed by atoms with van der Waals surface area (Å²) in [5.41, 5.74) is 3.15. The third kappa shape index (κ3) is 2.12. The first kappa shape index (κ1) is 10.0. The van der Waals surface area contributed by atoms with E-state index in [0.29, 0.717) is 5.95 Å². The molecule has 0 spiro atoms. The maximum absolute atomic E-state index is 10.9. The number of nitrogens with zero attached hydrogens (tertiary/aromatic N) is 2. The lowest BCUT2D eigenvalue weighted by Gasteiger charge is -2.18. The molecular weight excluding hydrogens is 192 g/mol. The van der Waals surface area contributed by atoms with Gasteiger partial charge in [-0.15, -0.1) is 0 Å². The standard InChI is InChI=1S/C10H14N4O/c1-6-8-5-11-4-3-9(8)14-10(12-6)13-7(2)15/h11H,3-5H2,1-2H3,(H,12,13,14,15). The molecule has 0 radical (unpaired) electrons. The Bertz CT molecular complexity index is 403. The number of carbonyl (C=O) groups is 1. The van der Waals surface area contributed by atoms with Crippen molar-refractivity contribution < 1.29 is 4.79 Å². The van der Waals surface area contributed by atoms with Gasteiger partial charge in [-0.25, -0.2) is 9.97 Å². The van der Waals surface area contributed by atoms with Crippen molar-refractivity contribution in [3.63, 3.8) is 0 Å². The zero-order chi connectivity index (χ0) is 10.8. The highest BCUT2D eigenvalue weighted by molar-refractivity contribution is 5.86. The van der Waals surface area contributed by atoms with E-state index in [9.17, 15) is 4.79 Å². The molecule has 2 N–H and O–H groups in total. The SMILES string of the molecule is CC(=O)Nc1nc(C)c2c(n1)CCNC2. The molecule has 0 bridgehead atoms. The second-order valence-corrected chi connectivity index (χ2v) is 3.67. The van der Waals surface area contributed by atoms with Crippen LogP contribution >= 0.6 is 0 Å². The molecule has 5 nitrogen and oxygen atoms in total. The average Bonchev–Trinajstić information content (AvgIpc) is 2.16. The van der Waals surface area contributed by atoms with Crippen LogP contribution in [-0.4, -0.2) is 22.4 Å². The Morgan fingerprint density at radius 3 is 3.00 bits per heavy atom. The van der Waals surface area contributed by atoms with Gasteiger partial charge in [0, 0.05) is 37.7 Å². The number of aryl methyl sites for hydroxylation is 1. The minimum atomic E-state index is -0.136. The molecule has 0 saturated heterocycles. The molecular formula is C10H14N4O. The van der Waals surface area contributed by atoms with Crippen molar-refractivity contribution in [2.24, 2.45) is 0 Å². The molecule has 2 heterocycles. The lowest BCUT2D eigenvalue weighted by atomic mass is 10.1. The molecule has 0 aliphatic carbocycles. The van der Waals surface area contributed by atoms with Crippen LogP contribution in [0.5, 0.6) is 0 Å². The van der Waals surface area contributed by atoms with Gasteiger partial charge in [-0.05, 0) is 6.92 Å². The Hall–Kier alpha value is -1.49. The van der Waals surface area contributed by atoms with Gasteiger partial charge in [-0.1, -0.05) is 0 Å². The van der Waals surface area contributed by atoms with Crippen molar-refractivity contribution in [3.05, 3.63) is 17.0 Å². The van der Waals surface area contributed by atoms with E-state index < -0.39 is 0 Å². The van der Waals surface area contributed by atoms with E-state index in [0.717, 1.165) is 36.5 Å². The lowest BCUT2D eigenvalue weighted by molar-refractivity contribution is -0.114. The number of anilines is 1. The second-order valence-electron chi connectivity index (χ2n) is 3.67. The van der Waals surface area contributed by atoms with Crippen molar-refractivity contribution >= 4 is 11.9 Å². The summed E-state index contributed by atoms with van der Waals surface area (Å²) in [7, 11) is 0. The fourth-order valence-electron chi connectivity index (χ4n) is 1.73. The van der Waals surface area contributed by atoms with Gasteiger partial charge in [0.15, 0.2) is 0 Å². The van der Waals surface area contributed by atoms with Crippen LogP contribution in [-0.2, 0) is 17.8 Å². The van der Waals surface area contributed by atoms with E-state index in [1.807, 2.05) is 6.92 Å². The molecule has 0 unspecified atom stereocenters. The van der Waals surface area contributed by atoms with Gasteiger partial charge < -0.3 is 5.32 Å². The Labute approximate surface area is 88.3 Å². The largest absolute Gasteiger partial charge is 0.312 e. The lowest BCUT2D eigenvalue weighted by Crippen LogP contribution is -2.26. The van der Waals surface area contributed by atoms with E-state index in [-0.39, 0.29) is 5.91 Å². The number of hydrogen-bond donors (Lipinski definition) is 2. The molecule has 5 heteroatoms. The summed E-state index contributed by atoms with van der Waals surface area (Å²) >= 11 is 0. The number of aromatic nitrogens is 2. The van der Waals surface area contributed by atoms with Crippen LogP contribution < -0.4 is 10.6 Å². The predicted octanol–water partition coefficient (Wildman–Crippen LogP) is 0.389. The molecule has 1 aromatic rings. The maximum atomic E-state index is 10.9. The fraction of sp³-hybridized carbons (Fsp3) is 0.500. The van der Waals surface area contributed by atoms with E-state index in [2.05, 4.69) is 20.6 Å². The normalized spacial score (nSPS) is 14.5. The molecule has 0 fully saturated rings. The third-order valence-corrected chi connectivity index (χ3v) is 2.43. The number of nitrogens with one attached hydrogen (secondary N) is 2. The first-order chi connectivity index (χ1) is 7.16. The van der Waals surface area contributed by atoms with Crippen LogP contribution in [0.2, 0.25) is 0 Å². The summed E-state index contributed by atoms with van der Waals surface area (Å²) in [5.74, 6) is 0.281. The van der Waals surface area contributed by atoms with Crippen molar-refractivity contribution in [2.45, 2.75) is 26.8 Å². The fourth-order valence-corrected chi connectivity index (χ4v) is 1.73. The Kier molecular flexibility index (Phi) is 2.64. The van der Waals surface area contributed by atoms with E-state index >= 15 is 0 Å². The summed E-state index contributed by atoms with van der Waals surface area (Å²) in [6.45, 7) is 5.16. The maximum Gasteiger partial charge on any atom is 0.229 e. The first-order valence-electron chi connectivity index (χ1n) is 5.01. The van der Waals surface area contributed by atoms with E-state index in [1.165, 1.54) is 6.92 Å². The van der Waals surface area contributed by atoms with Crippen molar-refractivity contribution in [1.82, 2.24) is 15.3 Å². The Balaban J connectivity index is 2.36. The third-order valence-electron chi connectivity index (χ3n) is 2.43. The van der Waals surface area contributed by atoms with Crippen LogP contribution in [0.25, 0.3) is 0 Å². The Morgan fingerprint density at radius 2 is 2.27 bits per heavy atom. The molecule has 15 heavy (non-hydrogen) atoms. The minimum absolute atomic E-state index is 0.136. The minimum Gasteiger partial charge on any atom is -0.312 e. The molecule has 2 rings (SSSR count). The summed E-state index contributed by atoms with van der Waals surface area (Å²) in [5, 5.41) is 5.89. The van der Waals surface area contributed by atoms with Gasteiger partial charge in [0.1, 0.15) is 0 Å². The quantitative estimate of drug-likeness (QED) is 0.697. The topological polar surface area (TPSA) is 66.9 Å². The van der Waals surface area contributed by atoms with Crippen LogP contribution in [0.3, 0.4) is 0 Å². The number of carbonyl (C=O) groups excluding carboxylic acids is 1. The number of rotatable bonds is 1. The van der Waals surface area contributed by atoms with E-state index in [4.69, 9.17) is 0 Å². The van der Waals surface area contributed by atoms with Crippen LogP contribution in [0.1, 0.15) is 23.9 Å². The van der Waals surface area contributed by atoms with Gasteiger partial charge in [0.25, 0.3) is 0 Å². The van der Waals surface area contributed by atoms with Crippen molar-refractivity contribution in [3.8, 4) is 0 Å². The zero-order valence-electron chi connectivity index (χ0n) is 8.92. The molecule has 1 aliphatic heterocycles. The van der Waals surface area contributed by atoms with Crippen molar-refractivity contribution in [1.29, 1.82) is 0 Å². The van der Waals surface area contributed by atoms with Crippen LogP contribution in [0.15, 0.2) is 0 Å². The summed E-state index contributed by atoms with van der Waals surface area (Å²) < 4.78 is 0. The van der Waals surface area contributed by atoms with Gasteiger partial charge in [0.2, 0.25) is 11.9 Å². The number of amides is 1. The van der Waals surface area contributed by atoms with E-state index in [1.54, 1.807) is 0 Å². The van der Waals surface area contributed by atoms with Crippen LogP contribution in [0, 0.1) is 6.92 Å². The smallest absolute Gasteiger partial charge is 0.229 e. The van der Waals surface area contributed by atoms with Gasteiger partial charge in [0.05, 0.1) is 5.69 Å². The summed E-state index contributed by atoms with van der Waals surface area (Å²) in [6, 6.07) is 0. The average molecular weight is 206 g/mol. The Morgan fingerprint density at radius 1 is 1.47 bits per heavy atom. The molecule has 1 amide bonds. The van der Waals surface area contributed by atoms with Gasteiger partial charge in [-0.3, -0.25) is 10.1 Å². The molecule has 1 aliphatic rings. The van der Waals surface area contributed by atoms with Gasteiger partial charge >= 0.3 is 0 Å². The summed E-state index contributed by atoms with van der Waals surface area (Å²) in [4.78, 5) is 19.5. The van der Waals surface area contributed by atoms with Crippen molar-refractivity contribution in [2.75, 3.05) is 11.9 Å².